The molecule has 5 nitrogen and oxygen atoms in total. The molecule has 0 aromatic carbocycles. The van der Waals surface area contributed by atoms with Crippen LogP contribution in [0.25, 0.3) is 0 Å². The zero-order valence-corrected chi connectivity index (χ0v) is 11.8. The minimum absolute atomic E-state index is 0.00176. The molecule has 1 heterocycles. The van der Waals surface area contributed by atoms with Crippen LogP contribution in [0.2, 0.25) is 0 Å². The van der Waals surface area contributed by atoms with Crippen molar-refractivity contribution in [2.45, 2.75) is 51.6 Å². The molecular formula is C13H24N2O3. The fourth-order valence-corrected chi connectivity index (χ4v) is 2.75. The Kier molecular flexibility index (Phi) is 5.14. The van der Waals surface area contributed by atoms with E-state index in [1.165, 1.54) is 0 Å². The molecule has 0 bridgehead atoms. The normalized spacial score (nSPS) is 20.8. The first-order chi connectivity index (χ1) is 8.53. The summed E-state index contributed by atoms with van der Waals surface area (Å²) in [6.45, 7) is 6.60. The average molecular weight is 256 g/mol. The lowest BCUT2D eigenvalue weighted by molar-refractivity contribution is -0.158. The van der Waals surface area contributed by atoms with Gasteiger partial charge in [-0.1, -0.05) is 13.8 Å². The third-order valence-corrected chi connectivity index (χ3v) is 3.90. The van der Waals surface area contributed by atoms with Crippen LogP contribution in [0.5, 0.6) is 0 Å². The van der Waals surface area contributed by atoms with Crippen molar-refractivity contribution in [3.8, 4) is 0 Å². The predicted octanol–water partition coefficient (Wildman–Crippen LogP) is 0.929. The van der Waals surface area contributed by atoms with E-state index in [0.29, 0.717) is 19.4 Å². The number of carbonyl (C=O) groups excluding carboxylic acids is 2. The van der Waals surface area contributed by atoms with Gasteiger partial charge in [-0.2, -0.15) is 0 Å². The molecule has 0 saturated carbocycles. The molecule has 1 aliphatic rings. The quantitative estimate of drug-likeness (QED) is 0.769. The van der Waals surface area contributed by atoms with Crippen LogP contribution in [0, 0.1) is 0 Å². The number of nitrogens with one attached hydrogen (secondary N) is 1. The highest BCUT2D eigenvalue weighted by molar-refractivity contribution is 5.98. The van der Waals surface area contributed by atoms with E-state index in [9.17, 15) is 9.59 Å². The molecule has 1 unspecified atom stereocenters. The van der Waals surface area contributed by atoms with E-state index >= 15 is 0 Å². The molecule has 0 spiro atoms. The van der Waals surface area contributed by atoms with Crippen molar-refractivity contribution in [2.75, 3.05) is 20.3 Å². The van der Waals surface area contributed by atoms with E-state index < -0.39 is 5.54 Å². The summed E-state index contributed by atoms with van der Waals surface area (Å²) >= 11 is 0. The molecule has 18 heavy (non-hydrogen) atoms. The lowest BCUT2D eigenvalue weighted by atomic mass is 9.85. The van der Waals surface area contributed by atoms with Gasteiger partial charge in [0.05, 0.1) is 6.54 Å². The van der Waals surface area contributed by atoms with Gasteiger partial charge in [-0.05, 0) is 26.2 Å². The van der Waals surface area contributed by atoms with Gasteiger partial charge in [0.15, 0.2) is 0 Å². The Morgan fingerprint density at radius 1 is 1.39 bits per heavy atom. The number of amides is 2. The van der Waals surface area contributed by atoms with Gasteiger partial charge in [-0.3, -0.25) is 9.59 Å². The highest BCUT2D eigenvalue weighted by atomic mass is 16.5. The summed E-state index contributed by atoms with van der Waals surface area (Å²) in [6.07, 6.45) is 2.02. The van der Waals surface area contributed by atoms with Gasteiger partial charge < -0.3 is 15.0 Å². The highest BCUT2D eigenvalue weighted by Gasteiger charge is 2.48. The zero-order chi connectivity index (χ0) is 13.8. The van der Waals surface area contributed by atoms with Crippen LogP contribution in [0.1, 0.15) is 40.0 Å². The van der Waals surface area contributed by atoms with Gasteiger partial charge in [0.2, 0.25) is 11.8 Å². The van der Waals surface area contributed by atoms with E-state index in [0.717, 1.165) is 6.42 Å². The van der Waals surface area contributed by atoms with Crippen molar-refractivity contribution in [2.24, 2.45) is 0 Å². The molecule has 0 aromatic heterocycles. The molecule has 1 saturated heterocycles. The number of piperazine rings is 1. The zero-order valence-electron chi connectivity index (χ0n) is 11.8. The molecule has 104 valence electrons. The largest absolute Gasteiger partial charge is 0.385 e. The van der Waals surface area contributed by atoms with Gasteiger partial charge >= 0.3 is 0 Å². The predicted molar refractivity (Wildman–Crippen MR) is 69.1 cm³/mol. The highest BCUT2D eigenvalue weighted by Crippen LogP contribution is 2.30. The van der Waals surface area contributed by atoms with E-state index in [1.807, 2.05) is 20.8 Å². The van der Waals surface area contributed by atoms with Crippen molar-refractivity contribution in [3.05, 3.63) is 0 Å². The van der Waals surface area contributed by atoms with Crippen LogP contribution in [0.3, 0.4) is 0 Å². The van der Waals surface area contributed by atoms with Crippen molar-refractivity contribution >= 4 is 11.8 Å². The number of rotatable bonds is 6. The lowest BCUT2D eigenvalue weighted by Crippen LogP contribution is -2.68. The summed E-state index contributed by atoms with van der Waals surface area (Å²) in [4.78, 5) is 26.1. The van der Waals surface area contributed by atoms with Crippen LogP contribution in [-0.2, 0) is 14.3 Å². The molecule has 2 amide bonds. The van der Waals surface area contributed by atoms with Crippen LogP contribution >= 0.6 is 0 Å². The Bertz CT molecular complexity index is 313. The molecule has 1 atom stereocenters. The summed E-state index contributed by atoms with van der Waals surface area (Å²) in [6, 6.07) is 0.0170. The lowest BCUT2D eigenvalue weighted by Gasteiger charge is -2.48. The Morgan fingerprint density at radius 2 is 2.00 bits per heavy atom. The van der Waals surface area contributed by atoms with Crippen molar-refractivity contribution in [3.63, 3.8) is 0 Å². The molecule has 0 aliphatic carbocycles. The van der Waals surface area contributed by atoms with E-state index in [4.69, 9.17) is 4.74 Å². The first-order valence-electron chi connectivity index (χ1n) is 6.62. The van der Waals surface area contributed by atoms with Gasteiger partial charge in [0, 0.05) is 19.8 Å². The summed E-state index contributed by atoms with van der Waals surface area (Å²) in [5, 5.41) is 2.70. The first-order valence-corrected chi connectivity index (χ1v) is 6.62. The van der Waals surface area contributed by atoms with Gasteiger partial charge in [-0.25, -0.2) is 0 Å². The molecule has 1 rings (SSSR count). The van der Waals surface area contributed by atoms with E-state index in [-0.39, 0.29) is 24.4 Å². The minimum Gasteiger partial charge on any atom is -0.385 e. The third kappa shape index (κ3) is 2.51. The Morgan fingerprint density at radius 3 is 2.50 bits per heavy atom. The first kappa shape index (κ1) is 15.0. The van der Waals surface area contributed by atoms with E-state index in [1.54, 1.807) is 12.0 Å². The number of hydrogen-bond donors (Lipinski definition) is 1. The molecule has 1 N–H and O–H groups in total. The molecule has 1 aliphatic heterocycles. The molecule has 0 radical (unpaired) electrons. The average Bonchev–Trinajstić information content (AvgIpc) is 2.38. The number of carbonyl (C=O) groups is 2. The summed E-state index contributed by atoms with van der Waals surface area (Å²) in [5.74, 6) is -0.0294. The fraction of sp³-hybridized carbons (Fsp3) is 0.846. The second-order valence-corrected chi connectivity index (χ2v) is 4.82. The standard InChI is InChI=1S/C13H24N2O3/c1-5-13(6-2)12(17)14-9-11(16)15(13)10(3)7-8-18-4/h10H,5-9H2,1-4H3,(H,14,17). The van der Waals surface area contributed by atoms with E-state index in [2.05, 4.69) is 5.32 Å². The summed E-state index contributed by atoms with van der Waals surface area (Å²) < 4.78 is 5.06. The maximum absolute atomic E-state index is 12.2. The summed E-state index contributed by atoms with van der Waals surface area (Å²) in [7, 11) is 1.64. The molecular weight excluding hydrogens is 232 g/mol. The summed E-state index contributed by atoms with van der Waals surface area (Å²) in [5.41, 5.74) is -0.692. The molecule has 0 aromatic rings. The van der Waals surface area contributed by atoms with Crippen LogP contribution in [0.4, 0.5) is 0 Å². The molecule has 1 fully saturated rings. The molecule has 5 heteroatoms. The SMILES string of the molecule is CCC1(CC)C(=O)NCC(=O)N1C(C)CCOC. The Labute approximate surface area is 109 Å². The number of nitrogens with zero attached hydrogens (tertiary/aromatic N) is 1. The maximum Gasteiger partial charge on any atom is 0.246 e. The second kappa shape index (κ2) is 6.18. The number of methoxy groups -OCH3 is 1. The Hall–Kier alpha value is -1.10. The van der Waals surface area contributed by atoms with Crippen LogP contribution in [0.15, 0.2) is 0 Å². The topological polar surface area (TPSA) is 58.6 Å². The van der Waals surface area contributed by atoms with Crippen molar-refractivity contribution < 1.29 is 14.3 Å². The second-order valence-electron chi connectivity index (χ2n) is 4.82. The van der Waals surface area contributed by atoms with Gasteiger partial charge in [0.25, 0.3) is 0 Å². The minimum atomic E-state index is -0.692. The van der Waals surface area contributed by atoms with Crippen molar-refractivity contribution in [1.29, 1.82) is 0 Å². The fourth-order valence-electron chi connectivity index (χ4n) is 2.75. The number of hydrogen-bond acceptors (Lipinski definition) is 3. The van der Waals surface area contributed by atoms with Crippen LogP contribution < -0.4 is 5.32 Å². The van der Waals surface area contributed by atoms with Crippen molar-refractivity contribution in [1.82, 2.24) is 10.2 Å². The van der Waals surface area contributed by atoms with Crippen LogP contribution in [-0.4, -0.2) is 48.6 Å². The van der Waals surface area contributed by atoms with Gasteiger partial charge in [-0.15, -0.1) is 0 Å². The number of ether oxygens (including phenoxy) is 1. The third-order valence-electron chi connectivity index (χ3n) is 3.90. The monoisotopic (exact) mass is 256 g/mol. The van der Waals surface area contributed by atoms with Gasteiger partial charge in [0.1, 0.15) is 5.54 Å². The maximum atomic E-state index is 12.2. The Balaban J connectivity index is 2.99. The smallest absolute Gasteiger partial charge is 0.246 e.